The highest BCUT2D eigenvalue weighted by Gasteiger charge is 2.17. The topological polar surface area (TPSA) is 12.0 Å². The number of rotatable bonds is 6. The van der Waals surface area contributed by atoms with Crippen molar-refractivity contribution in [2.24, 2.45) is 11.8 Å². The monoisotopic (exact) mass is 225 g/mol. The first-order valence-electron chi connectivity index (χ1n) is 7.45. The summed E-state index contributed by atoms with van der Waals surface area (Å²) in [6, 6.07) is 0.820. The zero-order valence-electron chi connectivity index (χ0n) is 11.6. The summed E-state index contributed by atoms with van der Waals surface area (Å²) < 4.78 is 0. The lowest BCUT2D eigenvalue weighted by Crippen LogP contribution is -2.30. The van der Waals surface area contributed by atoms with E-state index in [0.717, 1.165) is 17.9 Å². The fourth-order valence-corrected chi connectivity index (χ4v) is 2.86. The van der Waals surface area contributed by atoms with Crippen molar-refractivity contribution in [1.29, 1.82) is 0 Å². The summed E-state index contributed by atoms with van der Waals surface area (Å²) in [7, 11) is 0. The molecule has 0 radical (unpaired) electrons. The van der Waals surface area contributed by atoms with Gasteiger partial charge in [0.1, 0.15) is 0 Å². The van der Waals surface area contributed by atoms with Gasteiger partial charge in [-0.05, 0) is 44.1 Å². The first-order valence-corrected chi connectivity index (χ1v) is 7.45. The third-order valence-corrected chi connectivity index (χ3v) is 3.94. The SMILES string of the molecule is CCCC1CCCC(NCCC(C)C)CC1. The molecule has 0 spiro atoms. The highest BCUT2D eigenvalue weighted by atomic mass is 14.9. The molecule has 0 aromatic carbocycles. The summed E-state index contributed by atoms with van der Waals surface area (Å²) in [6.45, 7) is 8.17. The molecule has 2 atom stereocenters. The van der Waals surface area contributed by atoms with Gasteiger partial charge >= 0.3 is 0 Å². The lowest BCUT2D eigenvalue weighted by molar-refractivity contribution is 0.403. The Morgan fingerprint density at radius 1 is 1.12 bits per heavy atom. The van der Waals surface area contributed by atoms with E-state index in [1.165, 1.54) is 57.9 Å². The van der Waals surface area contributed by atoms with Crippen molar-refractivity contribution in [1.82, 2.24) is 5.32 Å². The zero-order valence-corrected chi connectivity index (χ0v) is 11.6. The van der Waals surface area contributed by atoms with Crippen molar-refractivity contribution in [2.45, 2.75) is 78.2 Å². The lowest BCUT2D eigenvalue weighted by Gasteiger charge is -2.17. The summed E-state index contributed by atoms with van der Waals surface area (Å²) in [4.78, 5) is 0. The van der Waals surface area contributed by atoms with E-state index in [-0.39, 0.29) is 0 Å². The van der Waals surface area contributed by atoms with Crippen molar-refractivity contribution >= 4 is 0 Å². The van der Waals surface area contributed by atoms with Gasteiger partial charge in [-0.15, -0.1) is 0 Å². The smallest absolute Gasteiger partial charge is 0.00671 e. The van der Waals surface area contributed by atoms with Crippen molar-refractivity contribution in [3.63, 3.8) is 0 Å². The van der Waals surface area contributed by atoms with Crippen LogP contribution in [0.3, 0.4) is 0 Å². The van der Waals surface area contributed by atoms with E-state index in [4.69, 9.17) is 0 Å². The van der Waals surface area contributed by atoms with E-state index in [0.29, 0.717) is 0 Å². The van der Waals surface area contributed by atoms with Crippen LogP contribution in [0.2, 0.25) is 0 Å². The second-order valence-corrected chi connectivity index (χ2v) is 6.00. The van der Waals surface area contributed by atoms with Gasteiger partial charge in [-0.1, -0.05) is 46.5 Å². The molecule has 0 bridgehead atoms. The molecule has 1 aliphatic carbocycles. The maximum Gasteiger partial charge on any atom is 0.00671 e. The average molecular weight is 225 g/mol. The van der Waals surface area contributed by atoms with Crippen molar-refractivity contribution < 1.29 is 0 Å². The lowest BCUT2D eigenvalue weighted by atomic mass is 9.95. The van der Waals surface area contributed by atoms with E-state index in [9.17, 15) is 0 Å². The van der Waals surface area contributed by atoms with E-state index >= 15 is 0 Å². The van der Waals surface area contributed by atoms with Crippen LogP contribution in [0.1, 0.15) is 72.1 Å². The molecule has 1 nitrogen and oxygen atoms in total. The number of hydrogen-bond acceptors (Lipinski definition) is 1. The van der Waals surface area contributed by atoms with Crippen LogP contribution >= 0.6 is 0 Å². The molecular weight excluding hydrogens is 194 g/mol. The van der Waals surface area contributed by atoms with Gasteiger partial charge < -0.3 is 5.32 Å². The van der Waals surface area contributed by atoms with Crippen LogP contribution in [0.15, 0.2) is 0 Å². The van der Waals surface area contributed by atoms with Crippen molar-refractivity contribution in [2.75, 3.05) is 6.54 Å². The predicted octanol–water partition coefficient (Wildman–Crippen LogP) is 4.37. The molecule has 1 rings (SSSR count). The van der Waals surface area contributed by atoms with E-state index in [1.807, 2.05) is 0 Å². The third-order valence-electron chi connectivity index (χ3n) is 3.94. The van der Waals surface area contributed by atoms with Crippen LogP contribution in [0.4, 0.5) is 0 Å². The third kappa shape index (κ3) is 5.89. The van der Waals surface area contributed by atoms with Crippen molar-refractivity contribution in [3.8, 4) is 0 Å². The average Bonchev–Trinajstić information content (AvgIpc) is 2.44. The molecule has 1 saturated carbocycles. The summed E-state index contributed by atoms with van der Waals surface area (Å²) >= 11 is 0. The molecule has 96 valence electrons. The van der Waals surface area contributed by atoms with E-state index in [2.05, 4.69) is 26.1 Å². The fourth-order valence-electron chi connectivity index (χ4n) is 2.86. The molecule has 0 aromatic heterocycles. The largest absolute Gasteiger partial charge is 0.314 e. The molecule has 0 aromatic rings. The van der Waals surface area contributed by atoms with Crippen LogP contribution < -0.4 is 5.32 Å². The summed E-state index contributed by atoms with van der Waals surface area (Å²) in [5, 5.41) is 3.76. The minimum absolute atomic E-state index is 0.820. The molecular formula is C15H31N. The van der Waals surface area contributed by atoms with Crippen LogP contribution in [-0.4, -0.2) is 12.6 Å². The Labute approximate surface area is 102 Å². The first kappa shape index (κ1) is 14.0. The molecule has 0 heterocycles. The van der Waals surface area contributed by atoms with Gasteiger partial charge in [0, 0.05) is 6.04 Å². The molecule has 1 fully saturated rings. The highest BCUT2D eigenvalue weighted by Crippen LogP contribution is 2.26. The molecule has 2 unspecified atom stereocenters. The Bertz CT molecular complexity index is 165. The van der Waals surface area contributed by atoms with Gasteiger partial charge in [-0.2, -0.15) is 0 Å². The molecule has 0 aliphatic heterocycles. The molecule has 16 heavy (non-hydrogen) atoms. The fraction of sp³-hybridized carbons (Fsp3) is 1.00. The van der Waals surface area contributed by atoms with E-state index < -0.39 is 0 Å². The van der Waals surface area contributed by atoms with Crippen LogP contribution in [-0.2, 0) is 0 Å². The maximum absolute atomic E-state index is 3.76. The van der Waals surface area contributed by atoms with Gasteiger partial charge in [0.15, 0.2) is 0 Å². The molecule has 1 aliphatic rings. The zero-order chi connectivity index (χ0) is 11.8. The van der Waals surface area contributed by atoms with Gasteiger partial charge in [0.05, 0.1) is 0 Å². The van der Waals surface area contributed by atoms with Crippen molar-refractivity contribution in [3.05, 3.63) is 0 Å². The quantitative estimate of drug-likeness (QED) is 0.662. The standard InChI is InChI=1S/C15H31N/c1-4-6-14-7-5-8-15(10-9-14)16-12-11-13(2)3/h13-16H,4-12H2,1-3H3. The predicted molar refractivity (Wildman–Crippen MR) is 72.7 cm³/mol. The van der Waals surface area contributed by atoms with Crippen LogP contribution in [0.25, 0.3) is 0 Å². The molecule has 0 saturated heterocycles. The Morgan fingerprint density at radius 2 is 1.94 bits per heavy atom. The maximum atomic E-state index is 3.76. The Hall–Kier alpha value is -0.0400. The Balaban J connectivity index is 2.14. The Morgan fingerprint density at radius 3 is 2.62 bits per heavy atom. The summed E-state index contributed by atoms with van der Waals surface area (Å²) in [5.41, 5.74) is 0. The van der Waals surface area contributed by atoms with Gasteiger partial charge in [0.25, 0.3) is 0 Å². The van der Waals surface area contributed by atoms with Crippen LogP contribution in [0.5, 0.6) is 0 Å². The second kappa shape index (κ2) is 8.11. The van der Waals surface area contributed by atoms with Gasteiger partial charge in [-0.3, -0.25) is 0 Å². The van der Waals surface area contributed by atoms with Gasteiger partial charge in [0.2, 0.25) is 0 Å². The molecule has 1 N–H and O–H groups in total. The minimum atomic E-state index is 0.820. The van der Waals surface area contributed by atoms with Gasteiger partial charge in [-0.25, -0.2) is 0 Å². The Kier molecular flexibility index (Phi) is 7.11. The minimum Gasteiger partial charge on any atom is -0.314 e. The molecule has 1 heteroatoms. The van der Waals surface area contributed by atoms with Crippen LogP contribution in [0, 0.1) is 11.8 Å². The highest BCUT2D eigenvalue weighted by molar-refractivity contribution is 4.74. The number of hydrogen-bond donors (Lipinski definition) is 1. The first-order chi connectivity index (χ1) is 7.72. The molecule has 0 amide bonds. The van der Waals surface area contributed by atoms with E-state index in [1.54, 1.807) is 0 Å². The number of nitrogens with one attached hydrogen (secondary N) is 1. The summed E-state index contributed by atoms with van der Waals surface area (Å²) in [6.07, 6.45) is 11.4. The second-order valence-electron chi connectivity index (χ2n) is 6.00. The summed E-state index contributed by atoms with van der Waals surface area (Å²) in [5.74, 6) is 1.87. The normalized spacial score (nSPS) is 27.0.